The first-order chi connectivity index (χ1) is 6.93. The van der Waals surface area contributed by atoms with E-state index in [0.717, 1.165) is 6.07 Å². The molecular weight excluding hydrogens is 217 g/mol. The van der Waals surface area contributed by atoms with E-state index in [1.54, 1.807) is 6.92 Å². The Morgan fingerprint density at radius 1 is 1.47 bits per heavy atom. The zero-order valence-corrected chi connectivity index (χ0v) is 9.09. The fourth-order valence-electron chi connectivity index (χ4n) is 1.89. The highest BCUT2D eigenvalue weighted by Crippen LogP contribution is 2.34. The maximum Gasteiger partial charge on any atom is 0.181 e. The second-order valence-corrected chi connectivity index (χ2v) is 6.21. The number of hydrogen-bond donors (Lipinski definition) is 1. The van der Waals surface area contributed by atoms with Crippen LogP contribution in [0, 0.1) is 5.82 Å². The summed E-state index contributed by atoms with van der Waals surface area (Å²) in [6.07, 6.45) is 0.390. The van der Waals surface area contributed by atoms with Crippen LogP contribution in [0.25, 0.3) is 0 Å². The number of benzene rings is 1. The van der Waals surface area contributed by atoms with Crippen LogP contribution in [0.4, 0.5) is 4.39 Å². The molecule has 1 heterocycles. The summed E-state index contributed by atoms with van der Waals surface area (Å²) in [5.41, 5.74) is 6.34. The lowest BCUT2D eigenvalue weighted by Crippen LogP contribution is -2.31. The van der Waals surface area contributed by atoms with E-state index in [1.165, 1.54) is 12.1 Å². The SMILES string of the molecule is CC1CC(N)c2ccc(F)cc2S1(=O)=O. The molecule has 15 heavy (non-hydrogen) atoms. The monoisotopic (exact) mass is 229 g/mol. The van der Waals surface area contributed by atoms with Crippen molar-refractivity contribution in [2.45, 2.75) is 29.5 Å². The van der Waals surface area contributed by atoms with Gasteiger partial charge >= 0.3 is 0 Å². The van der Waals surface area contributed by atoms with Crippen LogP contribution in [-0.2, 0) is 9.84 Å². The standard InChI is InChI=1S/C10H12FNO2S/c1-6-4-9(12)8-3-2-7(11)5-10(8)15(6,13)14/h2-3,5-6,9H,4,12H2,1H3. The van der Waals surface area contributed by atoms with Crippen LogP contribution >= 0.6 is 0 Å². The van der Waals surface area contributed by atoms with E-state index in [1.807, 2.05) is 0 Å². The van der Waals surface area contributed by atoms with Crippen molar-refractivity contribution in [3.63, 3.8) is 0 Å². The highest BCUT2D eigenvalue weighted by molar-refractivity contribution is 7.92. The molecule has 82 valence electrons. The largest absolute Gasteiger partial charge is 0.324 e. The number of halogens is 1. The maximum absolute atomic E-state index is 13.0. The van der Waals surface area contributed by atoms with Gasteiger partial charge < -0.3 is 5.73 Å². The Balaban J connectivity index is 2.72. The van der Waals surface area contributed by atoms with E-state index in [2.05, 4.69) is 0 Å². The zero-order valence-electron chi connectivity index (χ0n) is 8.27. The fraction of sp³-hybridized carbons (Fsp3) is 0.400. The van der Waals surface area contributed by atoms with Gasteiger partial charge in [0.1, 0.15) is 5.82 Å². The molecule has 0 spiro atoms. The summed E-state index contributed by atoms with van der Waals surface area (Å²) in [4.78, 5) is 0.0498. The molecule has 3 nitrogen and oxygen atoms in total. The minimum absolute atomic E-state index is 0.0498. The van der Waals surface area contributed by atoms with E-state index >= 15 is 0 Å². The third-order valence-corrected chi connectivity index (χ3v) is 5.02. The molecule has 1 aliphatic heterocycles. The van der Waals surface area contributed by atoms with Crippen molar-refractivity contribution < 1.29 is 12.8 Å². The second-order valence-electron chi connectivity index (χ2n) is 3.88. The lowest BCUT2D eigenvalue weighted by molar-refractivity contribution is 0.532. The number of fused-ring (bicyclic) bond motifs is 1. The summed E-state index contributed by atoms with van der Waals surface area (Å²) >= 11 is 0. The van der Waals surface area contributed by atoms with Crippen molar-refractivity contribution in [3.8, 4) is 0 Å². The topological polar surface area (TPSA) is 60.2 Å². The van der Waals surface area contributed by atoms with Crippen LogP contribution in [0.2, 0.25) is 0 Å². The first-order valence-electron chi connectivity index (χ1n) is 4.72. The number of hydrogen-bond acceptors (Lipinski definition) is 3. The summed E-state index contributed by atoms with van der Waals surface area (Å²) in [5.74, 6) is -0.543. The van der Waals surface area contributed by atoms with Gasteiger partial charge in [0.15, 0.2) is 9.84 Å². The Labute approximate surface area is 88.0 Å². The molecule has 2 rings (SSSR count). The Morgan fingerprint density at radius 3 is 2.80 bits per heavy atom. The average Bonchev–Trinajstić information content (AvgIpc) is 2.15. The van der Waals surface area contributed by atoms with Gasteiger partial charge in [-0.25, -0.2) is 12.8 Å². The third kappa shape index (κ3) is 1.55. The molecule has 0 saturated heterocycles. The summed E-state index contributed by atoms with van der Waals surface area (Å²) in [6.45, 7) is 1.60. The lowest BCUT2D eigenvalue weighted by Gasteiger charge is -2.26. The molecule has 5 heteroatoms. The summed E-state index contributed by atoms with van der Waals surface area (Å²) in [6, 6.07) is 3.43. The van der Waals surface area contributed by atoms with E-state index in [-0.39, 0.29) is 10.9 Å². The molecule has 1 aliphatic rings. The van der Waals surface area contributed by atoms with E-state index < -0.39 is 20.9 Å². The average molecular weight is 229 g/mol. The molecule has 0 aliphatic carbocycles. The van der Waals surface area contributed by atoms with Crippen molar-refractivity contribution in [2.75, 3.05) is 0 Å². The van der Waals surface area contributed by atoms with Crippen LogP contribution in [0.1, 0.15) is 24.9 Å². The highest BCUT2D eigenvalue weighted by Gasteiger charge is 2.34. The first kappa shape index (κ1) is 10.6. The van der Waals surface area contributed by atoms with Crippen LogP contribution in [0.5, 0.6) is 0 Å². The van der Waals surface area contributed by atoms with Crippen molar-refractivity contribution in [1.29, 1.82) is 0 Å². The van der Waals surface area contributed by atoms with Gasteiger partial charge in [-0.2, -0.15) is 0 Å². The van der Waals surface area contributed by atoms with Gasteiger partial charge in [-0.3, -0.25) is 0 Å². The first-order valence-corrected chi connectivity index (χ1v) is 6.26. The number of rotatable bonds is 0. The molecule has 0 bridgehead atoms. The Bertz CT molecular complexity index is 498. The second kappa shape index (κ2) is 3.28. The van der Waals surface area contributed by atoms with Gasteiger partial charge in [-0.15, -0.1) is 0 Å². The van der Waals surface area contributed by atoms with Crippen molar-refractivity contribution >= 4 is 9.84 Å². The summed E-state index contributed by atoms with van der Waals surface area (Å²) in [7, 11) is -3.40. The van der Waals surface area contributed by atoms with E-state index in [0.29, 0.717) is 12.0 Å². The van der Waals surface area contributed by atoms with Gasteiger partial charge in [0.2, 0.25) is 0 Å². The quantitative estimate of drug-likeness (QED) is 0.731. The molecule has 2 atom stereocenters. The van der Waals surface area contributed by atoms with Gasteiger partial charge in [0.25, 0.3) is 0 Å². The summed E-state index contributed by atoms with van der Waals surface area (Å²) < 4.78 is 36.7. The van der Waals surface area contributed by atoms with Crippen LogP contribution in [0.3, 0.4) is 0 Å². The predicted octanol–water partition coefficient (Wildman–Crippen LogP) is 1.39. The fourth-order valence-corrected chi connectivity index (χ4v) is 3.61. The minimum Gasteiger partial charge on any atom is -0.324 e. The third-order valence-electron chi connectivity index (χ3n) is 2.80. The Morgan fingerprint density at radius 2 is 2.13 bits per heavy atom. The van der Waals surface area contributed by atoms with Crippen LogP contribution in [-0.4, -0.2) is 13.7 Å². The van der Waals surface area contributed by atoms with Crippen LogP contribution in [0.15, 0.2) is 23.1 Å². The molecule has 0 aromatic heterocycles. The smallest absolute Gasteiger partial charge is 0.181 e. The highest BCUT2D eigenvalue weighted by atomic mass is 32.2. The maximum atomic E-state index is 13.0. The Kier molecular flexibility index (Phi) is 2.31. The zero-order chi connectivity index (χ0) is 11.2. The van der Waals surface area contributed by atoms with Crippen LogP contribution < -0.4 is 5.73 Å². The number of sulfone groups is 1. The van der Waals surface area contributed by atoms with Crippen molar-refractivity contribution in [1.82, 2.24) is 0 Å². The van der Waals surface area contributed by atoms with Gasteiger partial charge in [-0.05, 0) is 31.0 Å². The molecule has 2 unspecified atom stereocenters. The molecule has 0 fully saturated rings. The van der Waals surface area contributed by atoms with Gasteiger partial charge in [0.05, 0.1) is 10.1 Å². The molecule has 0 saturated carbocycles. The van der Waals surface area contributed by atoms with Gasteiger partial charge in [0, 0.05) is 6.04 Å². The molecule has 2 N–H and O–H groups in total. The molecule has 1 aromatic carbocycles. The van der Waals surface area contributed by atoms with Gasteiger partial charge in [-0.1, -0.05) is 6.07 Å². The van der Waals surface area contributed by atoms with Crippen molar-refractivity contribution in [2.24, 2.45) is 5.73 Å². The predicted molar refractivity (Wildman–Crippen MR) is 54.6 cm³/mol. The lowest BCUT2D eigenvalue weighted by atomic mass is 10.0. The summed E-state index contributed by atoms with van der Waals surface area (Å²) in [5, 5.41) is -0.540. The molecular formula is C10H12FNO2S. The normalized spacial score (nSPS) is 28.5. The van der Waals surface area contributed by atoms with Crippen molar-refractivity contribution in [3.05, 3.63) is 29.6 Å². The van der Waals surface area contributed by atoms with E-state index in [4.69, 9.17) is 5.73 Å². The Hall–Kier alpha value is -0.940. The number of nitrogens with two attached hydrogens (primary N) is 1. The molecule has 0 amide bonds. The molecule has 0 radical (unpaired) electrons. The minimum atomic E-state index is -3.40. The molecule has 1 aromatic rings. The van der Waals surface area contributed by atoms with E-state index in [9.17, 15) is 12.8 Å².